The second-order valence-electron chi connectivity index (χ2n) is 13.0. The minimum atomic E-state index is -3.87. The van der Waals surface area contributed by atoms with Crippen molar-refractivity contribution in [3.8, 4) is 5.75 Å². The van der Waals surface area contributed by atoms with Crippen LogP contribution in [0.25, 0.3) is 0 Å². The van der Waals surface area contributed by atoms with Gasteiger partial charge in [-0.1, -0.05) is 24.6 Å². The van der Waals surface area contributed by atoms with Crippen molar-refractivity contribution in [2.75, 3.05) is 43.6 Å². The van der Waals surface area contributed by atoms with Gasteiger partial charge in [-0.2, -0.15) is 0 Å². The highest BCUT2D eigenvalue weighted by molar-refractivity contribution is 7.90. The van der Waals surface area contributed by atoms with Crippen LogP contribution in [0.2, 0.25) is 5.02 Å². The molecule has 2 aromatic rings. The predicted octanol–water partition coefficient (Wildman–Crippen LogP) is 4.72. The minimum Gasteiger partial charge on any atom is -0.490 e. The molecule has 7 rings (SSSR count). The van der Waals surface area contributed by atoms with E-state index >= 15 is 0 Å². The smallest absolute Gasteiger partial charge is 0.264 e. The van der Waals surface area contributed by atoms with Gasteiger partial charge in [-0.25, -0.2) is 13.1 Å². The van der Waals surface area contributed by atoms with Crippen LogP contribution < -0.4 is 14.4 Å². The summed E-state index contributed by atoms with van der Waals surface area (Å²) in [7, 11) is -3.87. The van der Waals surface area contributed by atoms with Crippen LogP contribution >= 0.6 is 11.6 Å². The Morgan fingerprint density at radius 3 is 2.81 bits per heavy atom. The van der Waals surface area contributed by atoms with Gasteiger partial charge in [-0.3, -0.25) is 4.79 Å². The molecule has 10 heteroatoms. The molecule has 1 saturated heterocycles. The number of carbonyl (C=O) groups excluding carboxylic acids is 1. The molecular weight excluding hydrogens is 576 g/mol. The summed E-state index contributed by atoms with van der Waals surface area (Å²) in [4.78, 5) is 15.6. The molecule has 0 aromatic heterocycles. The van der Waals surface area contributed by atoms with Gasteiger partial charge in [0.2, 0.25) is 10.0 Å². The summed E-state index contributed by atoms with van der Waals surface area (Å²) in [6.45, 7) is 4.83. The van der Waals surface area contributed by atoms with E-state index in [0.29, 0.717) is 30.6 Å². The zero-order valence-corrected chi connectivity index (χ0v) is 25.6. The maximum Gasteiger partial charge on any atom is 0.264 e. The molecule has 1 amide bonds. The highest BCUT2D eigenvalue weighted by atomic mass is 35.5. The Bertz CT molecular complexity index is 1480. The molecule has 1 N–H and O–H groups in total. The highest BCUT2D eigenvalue weighted by Crippen LogP contribution is 2.47. The number of fused-ring (bicyclic) bond motifs is 7. The number of nitrogens with one attached hydrogen (secondary N) is 1. The van der Waals surface area contributed by atoms with Gasteiger partial charge in [-0.05, 0) is 85.4 Å². The number of hydrogen-bond donors (Lipinski definition) is 1. The summed E-state index contributed by atoms with van der Waals surface area (Å²) in [5.74, 6) is 0.841. The Labute approximate surface area is 253 Å². The summed E-state index contributed by atoms with van der Waals surface area (Å²) in [5, 5.41) is 0.751. The third-order valence-corrected chi connectivity index (χ3v) is 11.7. The first kappa shape index (κ1) is 28.4. The first-order valence-electron chi connectivity index (χ1n) is 15.3. The Hall–Kier alpha value is -2.33. The first-order valence-corrected chi connectivity index (χ1v) is 17.3. The largest absolute Gasteiger partial charge is 0.490 e. The highest BCUT2D eigenvalue weighted by Gasteiger charge is 2.46. The fourth-order valence-electron chi connectivity index (χ4n) is 7.85. The number of aryl methyl sites for hydroxylation is 1. The third kappa shape index (κ3) is 5.31. The molecule has 0 radical (unpaired) electrons. The number of amides is 1. The summed E-state index contributed by atoms with van der Waals surface area (Å²) >= 11 is 6.41. The predicted molar refractivity (Wildman–Crippen MR) is 161 cm³/mol. The maximum atomic E-state index is 13.2. The summed E-state index contributed by atoms with van der Waals surface area (Å²) in [6.07, 6.45) is 6.05. The molecule has 4 bridgehead atoms. The van der Waals surface area contributed by atoms with Crippen molar-refractivity contribution in [2.45, 2.75) is 63.1 Å². The van der Waals surface area contributed by atoms with E-state index in [9.17, 15) is 13.2 Å². The normalized spacial score (nSPS) is 34.2. The average Bonchev–Trinajstić information content (AvgIpc) is 3.09. The quantitative estimate of drug-likeness (QED) is 0.459. The Morgan fingerprint density at radius 1 is 1.10 bits per heavy atom. The number of ether oxygens (including phenoxy) is 3. The molecule has 42 heavy (non-hydrogen) atoms. The lowest BCUT2D eigenvalue weighted by Gasteiger charge is -2.48. The Balaban J connectivity index is 1.28. The fraction of sp³-hybridized carbons (Fsp3) is 0.594. The molecule has 5 aliphatic rings. The number of carbonyl (C=O) groups is 1. The molecule has 3 heterocycles. The number of rotatable bonds is 0. The molecule has 2 fully saturated rings. The lowest BCUT2D eigenvalue weighted by Crippen LogP contribution is -2.51. The van der Waals surface area contributed by atoms with Crippen LogP contribution in [-0.4, -0.2) is 65.2 Å². The third-order valence-electron chi connectivity index (χ3n) is 10.3. The number of anilines is 1. The van der Waals surface area contributed by atoms with Crippen molar-refractivity contribution in [2.24, 2.45) is 17.8 Å². The standard InChI is InChI=1S/C32H39ClN2O6S/c1-20-17-40-30-15-29(20)39-11-12-42(37,38)34-31(36)22-5-9-28-27(14-22)35(16-23-4-7-25(23)30)18-32(19-41-28)10-2-3-21-13-24(33)6-8-26(21)32/h5-6,8-9,13-14,20,23,25,29-30H,2-4,7,10-12,15-19H2,1H3,(H,34,36)/t20-,23-,25?,29-,30?,32-/m0/s1. The van der Waals surface area contributed by atoms with Crippen LogP contribution in [0, 0.1) is 17.8 Å². The van der Waals surface area contributed by atoms with Crippen LogP contribution in [0.15, 0.2) is 36.4 Å². The zero-order chi connectivity index (χ0) is 29.1. The van der Waals surface area contributed by atoms with Crippen LogP contribution in [0.1, 0.15) is 60.5 Å². The van der Waals surface area contributed by atoms with Gasteiger partial charge in [-0.15, -0.1) is 0 Å². The number of nitrogens with zero attached hydrogens (tertiary/aromatic N) is 1. The molecule has 226 valence electrons. The van der Waals surface area contributed by atoms with Crippen LogP contribution in [0.3, 0.4) is 0 Å². The average molecular weight is 615 g/mol. The molecule has 3 aliphatic heterocycles. The van der Waals surface area contributed by atoms with Gasteiger partial charge >= 0.3 is 0 Å². The number of hydrogen-bond acceptors (Lipinski definition) is 7. The van der Waals surface area contributed by atoms with Gasteiger partial charge in [0.05, 0.1) is 43.5 Å². The number of sulfonamides is 1. The SMILES string of the molecule is C[C@H]1COC2C[C@@H]1OCCS(=O)(=O)NC(=O)c1ccc3c(c1)N(C[C@@H]1CCC21)C[C@@]1(CCCc2cc(Cl)ccc21)CO3. The molecule has 1 saturated carbocycles. The van der Waals surface area contributed by atoms with Crippen molar-refractivity contribution in [1.29, 1.82) is 0 Å². The lowest BCUT2D eigenvalue weighted by atomic mass is 9.67. The fourth-order valence-corrected chi connectivity index (χ4v) is 8.87. The molecule has 6 atom stereocenters. The lowest BCUT2D eigenvalue weighted by molar-refractivity contribution is -0.139. The van der Waals surface area contributed by atoms with E-state index in [0.717, 1.165) is 68.1 Å². The van der Waals surface area contributed by atoms with Crippen molar-refractivity contribution in [1.82, 2.24) is 4.72 Å². The van der Waals surface area contributed by atoms with Crippen molar-refractivity contribution in [3.63, 3.8) is 0 Å². The Kier molecular flexibility index (Phi) is 7.44. The number of benzene rings is 2. The summed E-state index contributed by atoms with van der Waals surface area (Å²) < 4.78 is 47.0. The topological polar surface area (TPSA) is 94.2 Å². The molecule has 2 aromatic carbocycles. The van der Waals surface area contributed by atoms with Crippen molar-refractivity contribution < 1.29 is 27.4 Å². The molecule has 2 aliphatic carbocycles. The van der Waals surface area contributed by atoms with Gasteiger partial charge in [0.1, 0.15) is 5.75 Å². The van der Waals surface area contributed by atoms with Crippen LogP contribution in [0.5, 0.6) is 5.75 Å². The van der Waals surface area contributed by atoms with E-state index in [4.69, 9.17) is 25.8 Å². The molecule has 1 spiro atoms. The maximum absolute atomic E-state index is 13.2. The second-order valence-corrected chi connectivity index (χ2v) is 15.3. The molecule has 2 unspecified atom stereocenters. The van der Waals surface area contributed by atoms with Gasteiger partial charge < -0.3 is 19.1 Å². The molecular formula is C32H39ClN2O6S. The van der Waals surface area contributed by atoms with E-state index < -0.39 is 15.9 Å². The second kappa shape index (κ2) is 11.0. The van der Waals surface area contributed by atoms with Crippen molar-refractivity contribution >= 4 is 33.2 Å². The first-order chi connectivity index (χ1) is 20.2. The van der Waals surface area contributed by atoms with Crippen molar-refractivity contribution in [3.05, 3.63) is 58.1 Å². The van der Waals surface area contributed by atoms with Gasteiger partial charge in [0, 0.05) is 41.4 Å². The van der Waals surface area contributed by atoms with Gasteiger partial charge in [0.25, 0.3) is 5.91 Å². The van der Waals surface area contributed by atoms with Gasteiger partial charge in [0.15, 0.2) is 0 Å². The van der Waals surface area contributed by atoms with E-state index in [1.165, 1.54) is 11.1 Å². The van der Waals surface area contributed by atoms with E-state index in [1.54, 1.807) is 12.1 Å². The minimum absolute atomic E-state index is 0.0407. The zero-order valence-electron chi connectivity index (χ0n) is 24.0. The van der Waals surface area contributed by atoms with Crippen LogP contribution in [-0.2, 0) is 31.3 Å². The van der Waals surface area contributed by atoms with E-state index in [1.807, 2.05) is 12.1 Å². The summed E-state index contributed by atoms with van der Waals surface area (Å²) in [5.41, 5.74) is 3.48. The van der Waals surface area contributed by atoms with E-state index in [-0.39, 0.29) is 35.9 Å². The van der Waals surface area contributed by atoms with Crippen LogP contribution in [0.4, 0.5) is 5.69 Å². The molecule has 8 nitrogen and oxygen atoms in total. The summed E-state index contributed by atoms with van der Waals surface area (Å²) in [6, 6.07) is 11.5. The Morgan fingerprint density at radius 2 is 1.98 bits per heavy atom. The van der Waals surface area contributed by atoms with E-state index in [2.05, 4.69) is 28.7 Å². The monoisotopic (exact) mass is 614 g/mol. The number of halogens is 1.